The summed E-state index contributed by atoms with van der Waals surface area (Å²) < 4.78 is 7.70. The number of hydrogen-bond donors (Lipinski definition) is 1. The van der Waals surface area contributed by atoms with Gasteiger partial charge in [0.1, 0.15) is 5.82 Å². The summed E-state index contributed by atoms with van der Waals surface area (Å²) in [7, 11) is 0. The molecular weight excluding hydrogens is 450 g/mol. The maximum atomic E-state index is 13.8. The molecule has 0 amide bonds. The molecule has 0 saturated carbocycles. The van der Waals surface area contributed by atoms with Crippen LogP contribution in [0.4, 0.5) is 0 Å². The normalized spacial score (nSPS) is 14.0. The van der Waals surface area contributed by atoms with Gasteiger partial charge in [-0.1, -0.05) is 55.5 Å². The van der Waals surface area contributed by atoms with E-state index >= 15 is 0 Å². The van der Waals surface area contributed by atoms with E-state index in [9.17, 15) is 9.59 Å². The number of para-hydroxylation sites is 3. The van der Waals surface area contributed by atoms with Crippen LogP contribution in [-0.2, 0) is 17.6 Å². The maximum absolute atomic E-state index is 13.8. The average Bonchev–Trinajstić information content (AvgIpc) is 3.51. The van der Waals surface area contributed by atoms with E-state index in [0.717, 1.165) is 53.3 Å². The Bertz CT molecular complexity index is 1580. The van der Waals surface area contributed by atoms with E-state index in [1.165, 1.54) is 5.56 Å². The highest BCUT2D eigenvalue weighted by atomic mass is 16.5. The van der Waals surface area contributed by atoms with Gasteiger partial charge in [-0.2, -0.15) is 0 Å². The number of H-pyrrole nitrogens is 1. The van der Waals surface area contributed by atoms with Crippen molar-refractivity contribution < 1.29 is 14.3 Å². The number of carbonyl (C=O) groups is 2. The molecule has 180 valence electrons. The van der Waals surface area contributed by atoms with Crippen LogP contribution in [0.1, 0.15) is 52.6 Å². The second-order valence-corrected chi connectivity index (χ2v) is 9.27. The first kappa shape index (κ1) is 22.3. The van der Waals surface area contributed by atoms with Crippen molar-refractivity contribution in [3.05, 3.63) is 89.6 Å². The quantitative estimate of drug-likeness (QED) is 0.300. The minimum atomic E-state index is -0.886. The monoisotopic (exact) mass is 477 g/mol. The van der Waals surface area contributed by atoms with Gasteiger partial charge in [-0.3, -0.25) is 9.36 Å². The predicted molar refractivity (Wildman–Crippen MR) is 140 cm³/mol. The van der Waals surface area contributed by atoms with Crippen LogP contribution in [0.2, 0.25) is 0 Å². The molecule has 1 atom stereocenters. The highest BCUT2D eigenvalue weighted by molar-refractivity contribution is 6.01. The van der Waals surface area contributed by atoms with E-state index in [0.29, 0.717) is 23.4 Å². The maximum Gasteiger partial charge on any atom is 0.339 e. The number of aromatic nitrogens is 3. The zero-order valence-corrected chi connectivity index (χ0v) is 20.2. The molecule has 0 saturated heterocycles. The smallest absolute Gasteiger partial charge is 0.339 e. The summed E-state index contributed by atoms with van der Waals surface area (Å²) in [5.74, 6) is -0.128. The summed E-state index contributed by atoms with van der Waals surface area (Å²) in [5.41, 5.74) is 5.94. The standard InChI is InChI=1S/C30H27N3O3/c1-2-27(29(34)33-25-17-9-5-11-19(25)20-12-6-10-18-26(20)33)36-30(35)22-14-4-3-13-21(22)28-31-23-15-7-8-16-24(23)32-28/h3-5,7-9,11,13-17,27H,2,6,10,12,18H2,1H3,(H,31,32). The van der Waals surface area contributed by atoms with E-state index < -0.39 is 12.1 Å². The molecule has 0 aliphatic heterocycles. The van der Waals surface area contributed by atoms with Gasteiger partial charge in [-0.05, 0) is 61.9 Å². The number of nitrogens with zero attached hydrogens (tertiary/aromatic N) is 2. The first-order valence-corrected chi connectivity index (χ1v) is 12.6. The lowest BCUT2D eigenvalue weighted by atomic mass is 9.95. The van der Waals surface area contributed by atoms with Gasteiger partial charge in [0.05, 0.1) is 22.1 Å². The fraction of sp³-hybridized carbons (Fsp3) is 0.233. The highest BCUT2D eigenvalue weighted by Gasteiger charge is 2.30. The Morgan fingerprint density at radius 3 is 2.58 bits per heavy atom. The van der Waals surface area contributed by atoms with Gasteiger partial charge >= 0.3 is 5.97 Å². The Morgan fingerprint density at radius 1 is 0.972 bits per heavy atom. The summed E-state index contributed by atoms with van der Waals surface area (Å²) in [6.07, 6.45) is 3.51. The number of aromatic amines is 1. The third kappa shape index (κ3) is 3.70. The molecule has 1 aliphatic rings. The summed E-state index contributed by atoms with van der Waals surface area (Å²) in [6.45, 7) is 1.87. The molecule has 5 aromatic rings. The molecule has 2 heterocycles. The summed E-state index contributed by atoms with van der Waals surface area (Å²) >= 11 is 0. The zero-order chi connectivity index (χ0) is 24.6. The van der Waals surface area contributed by atoms with Gasteiger partial charge in [0.2, 0.25) is 0 Å². The summed E-state index contributed by atoms with van der Waals surface area (Å²) in [6, 6.07) is 23.0. The second-order valence-electron chi connectivity index (χ2n) is 9.27. The molecule has 0 spiro atoms. The van der Waals surface area contributed by atoms with Crippen molar-refractivity contribution in [2.45, 2.75) is 45.1 Å². The number of aryl methyl sites for hydroxylation is 1. The van der Waals surface area contributed by atoms with Crippen molar-refractivity contribution in [1.82, 2.24) is 14.5 Å². The molecule has 0 bridgehead atoms. The minimum absolute atomic E-state index is 0.189. The van der Waals surface area contributed by atoms with Crippen molar-refractivity contribution in [3.63, 3.8) is 0 Å². The van der Waals surface area contributed by atoms with E-state index in [4.69, 9.17) is 4.74 Å². The molecule has 0 fully saturated rings. The van der Waals surface area contributed by atoms with Crippen LogP contribution < -0.4 is 0 Å². The van der Waals surface area contributed by atoms with E-state index in [2.05, 4.69) is 16.0 Å². The molecule has 1 unspecified atom stereocenters. The first-order chi connectivity index (χ1) is 17.7. The molecule has 6 nitrogen and oxygen atoms in total. The van der Waals surface area contributed by atoms with Crippen LogP contribution >= 0.6 is 0 Å². The Hall–Kier alpha value is -4.19. The number of esters is 1. The Labute approximate surface area is 208 Å². The molecule has 0 radical (unpaired) electrons. The second kappa shape index (κ2) is 9.11. The summed E-state index contributed by atoms with van der Waals surface area (Å²) in [4.78, 5) is 35.2. The SMILES string of the molecule is CCC(OC(=O)c1ccccc1-c1nc2ccccc2[nH]1)C(=O)n1c2c(c3ccccc31)CCCC2. The molecule has 2 aromatic heterocycles. The third-order valence-electron chi connectivity index (χ3n) is 7.09. The number of rotatable bonds is 5. The number of fused-ring (bicyclic) bond motifs is 4. The van der Waals surface area contributed by atoms with Crippen LogP contribution in [0.15, 0.2) is 72.8 Å². The van der Waals surface area contributed by atoms with E-state index in [1.54, 1.807) is 16.7 Å². The van der Waals surface area contributed by atoms with Crippen molar-refractivity contribution in [3.8, 4) is 11.4 Å². The van der Waals surface area contributed by atoms with Gasteiger partial charge in [-0.15, -0.1) is 0 Å². The summed E-state index contributed by atoms with van der Waals surface area (Å²) in [5, 5.41) is 1.12. The molecule has 1 aliphatic carbocycles. The average molecular weight is 478 g/mol. The van der Waals surface area contributed by atoms with Crippen molar-refractivity contribution in [2.75, 3.05) is 0 Å². The predicted octanol–water partition coefficient (Wildman–Crippen LogP) is 6.34. The van der Waals surface area contributed by atoms with Crippen molar-refractivity contribution in [2.24, 2.45) is 0 Å². The van der Waals surface area contributed by atoms with Crippen LogP contribution in [0.25, 0.3) is 33.3 Å². The van der Waals surface area contributed by atoms with Crippen LogP contribution in [0.5, 0.6) is 0 Å². The molecule has 6 heteroatoms. The molecule has 6 rings (SSSR count). The van der Waals surface area contributed by atoms with Crippen LogP contribution in [-0.4, -0.2) is 32.5 Å². The third-order valence-corrected chi connectivity index (χ3v) is 7.09. The number of imidazole rings is 1. The lowest BCUT2D eigenvalue weighted by molar-refractivity contribution is 0.0242. The van der Waals surface area contributed by atoms with Crippen LogP contribution in [0.3, 0.4) is 0 Å². The Kier molecular flexibility index (Phi) is 5.64. The molecule has 1 N–H and O–H groups in total. The zero-order valence-electron chi connectivity index (χ0n) is 20.2. The van der Waals surface area contributed by atoms with Gasteiger partial charge in [-0.25, -0.2) is 9.78 Å². The number of hydrogen-bond acceptors (Lipinski definition) is 4. The fourth-order valence-corrected chi connectivity index (χ4v) is 5.34. The molecule has 3 aromatic carbocycles. The number of nitrogens with one attached hydrogen (secondary N) is 1. The van der Waals surface area contributed by atoms with Gasteiger partial charge in [0.15, 0.2) is 6.10 Å². The van der Waals surface area contributed by atoms with Gasteiger partial charge < -0.3 is 9.72 Å². The fourth-order valence-electron chi connectivity index (χ4n) is 5.34. The lowest BCUT2D eigenvalue weighted by Gasteiger charge is -2.20. The van der Waals surface area contributed by atoms with Crippen molar-refractivity contribution >= 4 is 33.8 Å². The Balaban J connectivity index is 1.34. The first-order valence-electron chi connectivity index (χ1n) is 12.6. The number of carbonyl (C=O) groups excluding carboxylic acids is 2. The number of benzene rings is 3. The molecular formula is C30H27N3O3. The number of ether oxygens (including phenoxy) is 1. The molecule has 36 heavy (non-hydrogen) atoms. The lowest BCUT2D eigenvalue weighted by Crippen LogP contribution is -2.32. The minimum Gasteiger partial charge on any atom is -0.449 e. The Morgan fingerprint density at radius 2 is 1.72 bits per heavy atom. The largest absolute Gasteiger partial charge is 0.449 e. The van der Waals surface area contributed by atoms with Gasteiger partial charge in [0, 0.05) is 16.6 Å². The van der Waals surface area contributed by atoms with E-state index in [1.807, 2.05) is 61.5 Å². The van der Waals surface area contributed by atoms with E-state index in [-0.39, 0.29) is 5.91 Å². The van der Waals surface area contributed by atoms with Gasteiger partial charge in [0.25, 0.3) is 5.91 Å². The van der Waals surface area contributed by atoms with Crippen LogP contribution in [0, 0.1) is 0 Å². The topological polar surface area (TPSA) is 77.0 Å². The van der Waals surface area contributed by atoms with Crippen molar-refractivity contribution in [1.29, 1.82) is 0 Å². The highest BCUT2D eigenvalue weighted by Crippen LogP contribution is 2.33.